The molecule has 0 aromatic heterocycles. The number of piperidine rings is 1. The monoisotopic (exact) mass is 274 g/mol. The largest absolute Gasteiger partial charge is 0.450 e. The third-order valence-corrected chi connectivity index (χ3v) is 3.02. The summed E-state index contributed by atoms with van der Waals surface area (Å²) in [6.07, 6.45) is 2.84. The zero-order chi connectivity index (χ0) is 13.9. The third-order valence-electron chi connectivity index (χ3n) is 3.02. The Balaban J connectivity index is 1.94. The predicted molar refractivity (Wildman–Crippen MR) is 72.1 cm³/mol. The van der Waals surface area contributed by atoms with Gasteiger partial charge in [0.1, 0.15) is 0 Å². The zero-order valence-corrected chi connectivity index (χ0v) is 11.8. The summed E-state index contributed by atoms with van der Waals surface area (Å²) in [4.78, 5) is 13.2. The normalized spacial score (nSPS) is 18.0. The lowest BCUT2D eigenvalue weighted by Crippen LogP contribution is -2.38. The number of carbonyl (C=O) groups is 1. The van der Waals surface area contributed by atoms with Crippen LogP contribution in [-0.4, -0.2) is 68.2 Å². The van der Waals surface area contributed by atoms with Crippen molar-refractivity contribution in [1.29, 1.82) is 0 Å². The molecule has 1 fully saturated rings. The molecule has 1 atom stereocenters. The number of aliphatic hydroxyl groups is 1. The van der Waals surface area contributed by atoms with Crippen molar-refractivity contribution in [2.75, 3.05) is 46.0 Å². The van der Waals surface area contributed by atoms with Crippen molar-refractivity contribution in [1.82, 2.24) is 10.2 Å². The first-order chi connectivity index (χ1) is 9.22. The quantitative estimate of drug-likeness (QED) is 0.634. The Morgan fingerprint density at radius 1 is 1.37 bits per heavy atom. The molecule has 6 heteroatoms. The van der Waals surface area contributed by atoms with Crippen LogP contribution in [-0.2, 0) is 9.47 Å². The van der Waals surface area contributed by atoms with Crippen LogP contribution in [0.2, 0.25) is 0 Å². The SMILES string of the molecule is CCOC(=O)NCCOCC(O)CN1CCCCC1. The maximum Gasteiger partial charge on any atom is 0.407 e. The summed E-state index contributed by atoms with van der Waals surface area (Å²) in [5.74, 6) is 0. The van der Waals surface area contributed by atoms with Crippen LogP contribution < -0.4 is 5.32 Å². The molecule has 1 rings (SSSR count). The average Bonchev–Trinajstić information content (AvgIpc) is 2.40. The van der Waals surface area contributed by atoms with Crippen LogP contribution in [0.3, 0.4) is 0 Å². The number of carbonyl (C=O) groups excluding carboxylic acids is 1. The molecular formula is C13H26N2O4. The molecule has 1 heterocycles. The van der Waals surface area contributed by atoms with E-state index in [1.807, 2.05) is 0 Å². The summed E-state index contributed by atoms with van der Waals surface area (Å²) < 4.78 is 10.0. The molecule has 1 aliphatic rings. The van der Waals surface area contributed by atoms with Gasteiger partial charge in [0.2, 0.25) is 0 Å². The molecule has 0 spiro atoms. The number of rotatable bonds is 8. The molecular weight excluding hydrogens is 248 g/mol. The first-order valence-electron chi connectivity index (χ1n) is 7.11. The minimum atomic E-state index is -0.458. The van der Waals surface area contributed by atoms with Gasteiger partial charge in [-0.1, -0.05) is 6.42 Å². The van der Waals surface area contributed by atoms with E-state index >= 15 is 0 Å². The first-order valence-corrected chi connectivity index (χ1v) is 7.11. The molecule has 0 saturated carbocycles. The van der Waals surface area contributed by atoms with Crippen molar-refractivity contribution >= 4 is 6.09 Å². The van der Waals surface area contributed by atoms with E-state index in [2.05, 4.69) is 10.2 Å². The van der Waals surface area contributed by atoms with Gasteiger partial charge < -0.3 is 24.8 Å². The summed E-state index contributed by atoms with van der Waals surface area (Å²) in [6, 6.07) is 0. The van der Waals surface area contributed by atoms with Crippen molar-refractivity contribution in [3.05, 3.63) is 0 Å². The average molecular weight is 274 g/mol. The zero-order valence-electron chi connectivity index (χ0n) is 11.8. The number of β-amino-alcohol motifs (C(OH)–C–C–N with tert-alkyl or cyclic N) is 1. The van der Waals surface area contributed by atoms with E-state index in [0.29, 0.717) is 32.9 Å². The lowest BCUT2D eigenvalue weighted by molar-refractivity contribution is 0.0146. The minimum Gasteiger partial charge on any atom is -0.450 e. The Hall–Kier alpha value is -0.850. The topological polar surface area (TPSA) is 71.0 Å². The molecule has 0 aromatic carbocycles. The van der Waals surface area contributed by atoms with Gasteiger partial charge in [0.15, 0.2) is 0 Å². The van der Waals surface area contributed by atoms with Gasteiger partial charge >= 0.3 is 6.09 Å². The second kappa shape index (κ2) is 10.00. The summed E-state index contributed by atoms with van der Waals surface area (Å²) in [6.45, 7) is 6.02. The molecule has 2 N–H and O–H groups in total. The molecule has 1 aliphatic heterocycles. The Labute approximate surface area is 115 Å². The molecule has 0 radical (unpaired) electrons. The van der Waals surface area contributed by atoms with Crippen LogP contribution in [0.5, 0.6) is 0 Å². The van der Waals surface area contributed by atoms with Crippen LogP contribution in [0.4, 0.5) is 4.79 Å². The number of likely N-dealkylation sites (tertiary alicyclic amines) is 1. The highest BCUT2D eigenvalue weighted by Crippen LogP contribution is 2.08. The molecule has 0 aromatic rings. The van der Waals surface area contributed by atoms with Crippen LogP contribution in [0.1, 0.15) is 26.2 Å². The van der Waals surface area contributed by atoms with Crippen LogP contribution in [0.15, 0.2) is 0 Å². The Kier molecular flexibility index (Phi) is 8.53. The van der Waals surface area contributed by atoms with E-state index in [1.165, 1.54) is 19.3 Å². The Bertz CT molecular complexity index is 245. The van der Waals surface area contributed by atoms with E-state index in [-0.39, 0.29) is 0 Å². The maximum atomic E-state index is 11.0. The second-order valence-corrected chi connectivity index (χ2v) is 4.74. The highest BCUT2D eigenvalue weighted by atomic mass is 16.5. The van der Waals surface area contributed by atoms with Crippen molar-refractivity contribution in [3.8, 4) is 0 Å². The number of aliphatic hydroxyl groups excluding tert-OH is 1. The highest BCUT2D eigenvalue weighted by Gasteiger charge is 2.14. The fourth-order valence-corrected chi connectivity index (χ4v) is 2.12. The Morgan fingerprint density at radius 2 is 2.11 bits per heavy atom. The van der Waals surface area contributed by atoms with Gasteiger partial charge in [-0.25, -0.2) is 4.79 Å². The van der Waals surface area contributed by atoms with Gasteiger partial charge in [-0.15, -0.1) is 0 Å². The smallest absolute Gasteiger partial charge is 0.407 e. The number of nitrogens with zero attached hydrogens (tertiary/aromatic N) is 1. The van der Waals surface area contributed by atoms with Crippen molar-refractivity contribution in [2.24, 2.45) is 0 Å². The van der Waals surface area contributed by atoms with E-state index in [1.54, 1.807) is 6.92 Å². The predicted octanol–water partition coefficient (Wildman–Crippen LogP) is 0.596. The van der Waals surface area contributed by atoms with Crippen LogP contribution in [0.25, 0.3) is 0 Å². The fourth-order valence-electron chi connectivity index (χ4n) is 2.12. The Morgan fingerprint density at radius 3 is 2.79 bits per heavy atom. The van der Waals surface area contributed by atoms with Crippen molar-refractivity contribution in [2.45, 2.75) is 32.3 Å². The van der Waals surface area contributed by atoms with Gasteiger partial charge in [0, 0.05) is 13.1 Å². The van der Waals surface area contributed by atoms with E-state index in [0.717, 1.165) is 13.1 Å². The standard InChI is InChI=1S/C13H26N2O4/c1-2-19-13(17)14-6-9-18-11-12(16)10-15-7-4-3-5-8-15/h12,16H,2-11H2,1H3,(H,14,17). The van der Waals surface area contributed by atoms with E-state index in [9.17, 15) is 9.90 Å². The number of amides is 1. The number of nitrogens with one attached hydrogen (secondary N) is 1. The van der Waals surface area contributed by atoms with Gasteiger partial charge in [-0.2, -0.15) is 0 Å². The molecule has 0 aliphatic carbocycles. The van der Waals surface area contributed by atoms with Gasteiger partial charge in [-0.3, -0.25) is 0 Å². The van der Waals surface area contributed by atoms with Gasteiger partial charge in [0.05, 0.1) is 25.9 Å². The third kappa shape index (κ3) is 8.02. The lowest BCUT2D eigenvalue weighted by atomic mass is 10.1. The number of hydrogen-bond acceptors (Lipinski definition) is 5. The molecule has 0 bridgehead atoms. The molecule has 1 saturated heterocycles. The summed E-state index contributed by atoms with van der Waals surface area (Å²) in [5, 5.41) is 12.4. The van der Waals surface area contributed by atoms with Crippen molar-refractivity contribution < 1.29 is 19.4 Å². The molecule has 1 amide bonds. The lowest BCUT2D eigenvalue weighted by Gasteiger charge is -2.28. The first kappa shape index (κ1) is 16.2. The van der Waals surface area contributed by atoms with Crippen LogP contribution in [0, 0.1) is 0 Å². The summed E-state index contributed by atoms with van der Waals surface area (Å²) in [5.41, 5.74) is 0. The van der Waals surface area contributed by atoms with E-state index < -0.39 is 12.2 Å². The van der Waals surface area contributed by atoms with Gasteiger partial charge in [-0.05, 0) is 32.9 Å². The summed E-state index contributed by atoms with van der Waals surface area (Å²) >= 11 is 0. The van der Waals surface area contributed by atoms with Crippen molar-refractivity contribution in [3.63, 3.8) is 0 Å². The van der Waals surface area contributed by atoms with Gasteiger partial charge in [0.25, 0.3) is 0 Å². The fraction of sp³-hybridized carbons (Fsp3) is 0.923. The minimum absolute atomic E-state index is 0.307. The number of hydrogen-bond donors (Lipinski definition) is 2. The van der Waals surface area contributed by atoms with E-state index in [4.69, 9.17) is 9.47 Å². The molecule has 112 valence electrons. The van der Waals surface area contributed by atoms with Crippen LogP contribution >= 0.6 is 0 Å². The highest BCUT2D eigenvalue weighted by molar-refractivity contribution is 5.66. The number of alkyl carbamates (subject to hydrolysis) is 1. The second-order valence-electron chi connectivity index (χ2n) is 4.74. The molecule has 1 unspecified atom stereocenters. The summed E-state index contributed by atoms with van der Waals surface area (Å²) in [7, 11) is 0. The number of ether oxygens (including phenoxy) is 2. The molecule has 6 nitrogen and oxygen atoms in total. The molecule has 19 heavy (non-hydrogen) atoms. The maximum absolute atomic E-state index is 11.0.